The van der Waals surface area contributed by atoms with Gasteiger partial charge in [0.2, 0.25) is 5.78 Å². The van der Waals surface area contributed by atoms with Gasteiger partial charge < -0.3 is 10.4 Å². The zero-order valence-corrected chi connectivity index (χ0v) is 11.6. The molecule has 0 spiro atoms. The average Bonchev–Trinajstić information content (AvgIpc) is 2.91. The van der Waals surface area contributed by atoms with Crippen LogP contribution in [0.25, 0.3) is 5.78 Å². The Kier molecular flexibility index (Phi) is 4.08. The van der Waals surface area contributed by atoms with Crippen molar-refractivity contribution in [2.75, 3.05) is 6.54 Å². The smallest absolute Gasteiger partial charge is 0.233 e. The fraction of sp³-hybridized carbons (Fsp3) is 0.200. The summed E-state index contributed by atoms with van der Waals surface area (Å²) in [4.78, 5) is 8.22. The van der Waals surface area contributed by atoms with Crippen molar-refractivity contribution in [3.8, 4) is 0 Å². The SMILES string of the molecule is OC(CNCc1cnc2ncccn12)c1c(F)cccc1F. The fourth-order valence-electron chi connectivity index (χ4n) is 2.28. The molecule has 3 aromatic rings. The third-order valence-corrected chi connectivity index (χ3v) is 3.34. The second-order valence-electron chi connectivity index (χ2n) is 4.82. The molecule has 0 aliphatic carbocycles. The number of nitrogens with zero attached hydrogens (tertiary/aromatic N) is 3. The third kappa shape index (κ3) is 2.81. The van der Waals surface area contributed by atoms with Gasteiger partial charge in [-0.25, -0.2) is 18.7 Å². The highest BCUT2D eigenvalue weighted by Gasteiger charge is 2.17. The number of hydrogen-bond donors (Lipinski definition) is 2. The van der Waals surface area contributed by atoms with E-state index >= 15 is 0 Å². The van der Waals surface area contributed by atoms with Crippen LogP contribution in [0.15, 0.2) is 42.9 Å². The Balaban J connectivity index is 1.66. The lowest BCUT2D eigenvalue weighted by atomic mass is 10.1. The van der Waals surface area contributed by atoms with E-state index in [4.69, 9.17) is 0 Å². The van der Waals surface area contributed by atoms with Gasteiger partial charge in [0.15, 0.2) is 0 Å². The molecule has 0 aliphatic rings. The van der Waals surface area contributed by atoms with Crippen LogP contribution in [0.2, 0.25) is 0 Å². The molecule has 0 fully saturated rings. The maximum absolute atomic E-state index is 13.6. The van der Waals surface area contributed by atoms with Gasteiger partial charge in [0, 0.05) is 25.5 Å². The maximum atomic E-state index is 13.6. The van der Waals surface area contributed by atoms with Gasteiger partial charge in [0.1, 0.15) is 11.6 Å². The number of halogens is 2. The van der Waals surface area contributed by atoms with Gasteiger partial charge in [0.05, 0.1) is 23.6 Å². The molecule has 2 N–H and O–H groups in total. The molecule has 0 amide bonds. The topological polar surface area (TPSA) is 62.5 Å². The van der Waals surface area contributed by atoms with Crippen molar-refractivity contribution >= 4 is 5.78 Å². The largest absolute Gasteiger partial charge is 0.387 e. The number of imidazole rings is 1. The van der Waals surface area contributed by atoms with Crippen molar-refractivity contribution in [2.24, 2.45) is 0 Å². The maximum Gasteiger partial charge on any atom is 0.233 e. The van der Waals surface area contributed by atoms with E-state index in [1.807, 2.05) is 6.20 Å². The summed E-state index contributed by atoms with van der Waals surface area (Å²) in [6, 6.07) is 5.29. The number of rotatable bonds is 5. The molecule has 5 nitrogen and oxygen atoms in total. The molecule has 1 atom stereocenters. The first-order chi connectivity index (χ1) is 10.7. The molecule has 1 aromatic carbocycles. The lowest BCUT2D eigenvalue weighted by Gasteiger charge is -2.13. The summed E-state index contributed by atoms with van der Waals surface area (Å²) in [7, 11) is 0. The predicted molar refractivity (Wildman–Crippen MR) is 76.0 cm³/mol. The molecular weight excluding hydrogens is 290 g/mol. The monoisotopic (exact) mass is 304 g/mol. The summed E-state index contributed by atoms with van der Waals surface area (Å²) in [6.07, 6.45) is 3.85. The summed E-state index contributed by atoms with van der Waals surface area (Å²) < 4.78 is 28.9. The van der Waals surface area contributed by atoms with E-state index in [-0.39, 0.29) is 12.1 Å². The zero-order valence-electron chi connectivity index (χ0n) is 11.6. The van der Waals surface area contributed by atoms with Gasteiger partial charge in [0.25, 0.3) is 0 Å². The fourth-order valence-corrected chi connectivity index (χ4v) is 2.28. The van der Waals surface area contributed by atoms with E-state index in [0.717, 1.165) is 17.8 Å². The van der Waals surface area contributed by atoms with E-state index in [9.17, 15) is 13.9 Å². The summed E-state index contributed by atoms with van der Waals surface area (Å²) in [5.74, 6) is -0.943. The van der Waals surface area contributed by atoms with E-state index in [2.05, 4.69) is 15.3 Å². The average molecular weight is 304 g/mol. The van der Waals surface area contributed by atoms with Gasteiger partial charge in [-0.2, -0.15) is 0 Å². The van der Waals surface area contributed by atoms with Crippen molar-refractivity contribution in [1.29, 1.82) is 0 Å². The summed E-state index contributed by atoms with van der Waals surface area (Å²) in [6.45, 7) is 0.408. The van der Waals surface area contributed by atoms with Crippen LogP contribution in [0.4, 0.5) is 8.78 Å². The molecule has 3 rings (SSSR count). The Labute approximate surface area is 125 Å². The highest BCUT2D eigenvalue weighted by molar-refractivity contribution is 5.30. The van der Waals surface area contributed by atoms with Crippen LogP contribution in [0, 0.1) is 11.6 Å². The number of aromatic nitrogens is 3. The van der Waals surface area contributed by atoms with E-state index in [1.54, 1.807) is 22.9 Å². The standard InChI is InChI=1S/C15H14F2N4O/c16-11-3-1-4-12(17)14(11)13(22)9-18-7-10-8-20-15-19-5-2-6-21(10)15/h1-6,8,13,18,22H,7,9H2. The molecular formula is C15H14F2N4O. The molecule has 7 heteroatoms. The number of hydrogen-bond acceptors (Lipinski definition) is 4. The van der Waals surface area contributed by atoms with Crippen LogP contribution >= 0.6 is 0 Å². The van der Waals surface area contributed by atoms with Crippen molar-refractivity contribution in [3.05, 3.63) is 65.7 Å². The molecule has 2 aromatic heterocycles. The van der Waals surface area contributed by atoms with Crippen LogP contribution in [-0.2, 0) is 6.54 Å². The van der Waals surface area contributed by atoms with Crippen LogP contribution in [0.3, 0.4) is 0 Å². The zero-order chi connectivity index (χ0) is 15.5. The Bertz CT molecular complexity index is 770. The second kappa shape index (κ2) is 6.17. The summed E-state index contributed by atoms with van der Waals surface area (Å²) >= 11 is 0. The quantitative estimate of drug-likeness (QED) is 0.755. The van der Waals surface area contributed by atoms with Gasteiger partial charge in [-0.1, -0.05) is 6.07 Å². The van der Waals surface area contributed by atoms with Crippen molar-refractivity contribution < 1.29 is 13.9 Å². The van der Waals surface area contributed by atoms with Crippen LogP contribution in [0.1, 0.15) is 17.4 Å². The van der Waals surface area contributed by atoms with E-state index in [0.29, 0.717) is 12.3 Å². The minimum Gasteiger partial charge on any atom is -0.387 e. The van der Waals surface area contributed by atoms with Gasteiger partial charge in [-0.05, 0) is 18.2 Å². The van der Waals surface area contributed by atoms with Gasteiger partial charge in [-0.15, -0.1) is 0 Å². The second-order valence-corrected chi connectivity index (χ2v) is 4.82. The Hall–Kier alpha value is -2.38. The van der Waals surface area contributed by atoms with Gasteiger partial charge >= 0.3 is 0 Å². The van der Waals surface area contributed by atoms with Crippen molar-refractivity contribution in [1.82, 2.24) is 19.7 Å². The Morgan fingerprint density at radius 2 is 1.95 bits per heavy atom. The first kappa shape index (κ1) is 14.6. The number of benzene rings is 1. The molecule has 0 saturated heterocycles. The van der Waals surface area contributed by atoms with Crippen molar-refractivity contribution in [2.45, 2.75) is 12.6 Å². The third-order valence-electron chi connectivity index (χ3n) is 3.34. The minimum absolute atomic E-state index is 0.0192. The van der Waals surface area contributed by atoms with Crippen molar-refractivity contribution in [3.63, 3.8) is 0 Å². The molecule has 114 valence electrons. The number of aliphatic hydroxyl groups is 1. The summed E-state index contributed by atoms with van der Waals surface area (Å²) in [5, 5.41) is 12.9. The van der Waals surface area contributed by atoms with Crippen LogP contribution in [-0.4, -0.2) is 26.0 Å². The lowest BCUT2D eigenvalue weighted by molar-refractivity contribution is 0.164. The van der Waals surface area contributed by atoms with E-state index in [1.165, 1.54) is 6.07 Å². The first-order valence-electron chi connectivity index (χ1n) is 6.76. The Morgan fingerprint density at radius 3 is 2.73 bits per heavy atom. The normalized spacial score (nSPS) is 12.7. The molecule has 22 heavy (non-hydrogen) atoms. The van der Waals surface area contributed by atoms with E-state index < -0.39 is 17.7 Å². The summed E-state index contributed by atoms with van der Waals surface area (Å²) in [5.41, 5.74) is 0.513. The van der Waals surface area contributed by atoms with Crippen LogP contribution in [0.5, 0.6) is 0 Å². The van der Waals surface area contributed by atoms with Crippen LogP contribution < -0.4 is 5.32 Å². The molecule has 1 unspecified atom stereocenters. The number of aliphatic hydroxyl groups excluding tert-OH is 1. The highest BCUT2D eigenvalue weighted by atomic mass is 19.1. The molecule has 0 radical (unpaired) electrons. The molecule has 0 saturated carbocycles. The number of nitrogens with one attached hydrogen (secondary N) is 1. The predicted octanol–water partition coefficient (Wildman–Crippen LogP) is 1.83. The molecule has 0 bridgehead atoms. The highest BCUT2D eigenvalue weighted by Crippen LogP contribution is 2.20. The van der Waals surface area contributed by atoms with Gasteiger partial charge in [-0.3, -0.25) is 4.40 Å². The minimum atomic E-state index is -1.27. The Morgan fingerprint density at radius 1 is 1.18 bits per heavy atom. The first-order valence-corrected chi connectivity index (χ1v) is 6.76. The lowest BCUT2D eigenvalue weighted by Crippen LogP contribution is -2.23. The molecule has 2 heterocycles. The molecule has 0 aliphatic heterocycles. The number of fused-ring (bicyclic) bond motifs is 1.